The summed E-state index contributed by atoms with van der Waals surface area (Å²) in [5.74, 6) is -7.87. The molecule has 0 radical (unpaired) electrons. The van der Waals surface area contributed by atoms with E-state index in [4.69, 9.17) is 25.6 Å². The quantitative estimate of drug-likeness (QED) is 0.0629. The largest absolute Gasteiger partial charge is 0.436 e. The van der Waals surface area contributed by atoms with Crippen LogP contribution in [0.3, 0.4) is 0 Å². The number of hydrogen-bond donors (Lipinski definition) is 16. The lowest BCUT2D eigenvalue weighted by atomic mass is 9.86. The molecule has 2 fully saturated rings. The fourth-order valence-corrected chi connectivity index (χ4v) is 10.0. The summed E-state index contributed by atoms with van der Waals surface area (Å²) in [5.41, 5.74) is 15.4. The number of nitrogens with zero attached hydrogens (tertiary/aromatic N) is 4. The summed E-state index contributed by atoms with van der Waals surface area (Å²) < 4.78 is 12.0. The summed E-state index contributed by atoms with van der Waals surface area (Å²) >= 11 is 0. The maximum Gasteiger partial charge on any atom is 0.246 e. The molecule has 28 nitrogen and oxygen atoms in total. The first-order chi connectivity index (χ1) is 38.5. The molecule has 1 aromatic heterocycles. The number of rotatable bonds is 12. The van der Waals surface area contributed by atoms with Crippen LogP contribution in [0.5, 0.6) is 0 Å². The van der Waals surface area contributed by atoms with Gasteiger partial charge in [-0.3, -0.25) is 38.8 Å². The molecular formula is C53H69N13O15. The van der Waals surface area contributed by atoms with Crippen molar-refractivity contribution in [2.24, 2.45) is 21.5 Å². The minimum atomic E-state index is -2.27. The molecule has 4 aromatic rings. The third-order valence-electron chi connectivity index (χ3n) is 14.8. The van der Waals surface area contributed by atoms with E-state index in [1.165, 1.54) is 0 Å². The van der Waals surface area contributed by atoms with Gasteiger partial charge in [-0.2, -0.15) is 0 Å². The number of aliphatic hydroxyl groups excluding tert-OH is 7. The topological polar surface area (TPSA) is 443 Å². The molecule has 18 N–H and O–H groups in total. The molecule has 4 aliphatic rings. The molecule has 0 bridgehead atoms. The fourth-order valence-electron chi connectivity index (χ4n) is 10.0. The van der Waals surface area contributed by atoms with E-state index < -0.39 is 159 Å². The lowest BCUT2D eigenvalue weighted by molar-refractivity contribution is -0.260. The average Bonchev–Trinajstić information content (AvgIpc) is 4.43. The van der Waals surface area contributed by atoms with E-state index >= 15 is 9.59 Å². The van der Waals surface area contributed by atoms with Crippen LogP contribution < -0.4 is 48.7 Å². The second kappa shape index (κ2) is 24.9. The Balaban J connectivity index is 1.18. The van der Waals surface area contributed by atoms with Crippen molar-refractivity contribution in [2.75, 3.05) is 32.8 Å². The zero-order chi connectivity index (χ0) is 58.6. The second-order valence-corrected chi connectivity index (χ2v) is 21.4. The van der Waals surface area contributed by atoms with Gasteiger partial charge in [-0.15, -0.1) is 0 Å². The highest BCUT2D eigenvalue weighted by Crippen LogP contribution is 2.32. The highest BCUT2D eigenvalue weighted by molar-refractivity contribution is 5.98. The summed E-state index contributed by atoms with van der Waals surface area (Å²) in [4.78, 5) is 101. The van der Waals surface area contributed by atoms with Crippen molar-refractivity contribution in [1.29, 1.82) is 0 Å². The van der Waals surface area contributed by atoms with Crippen LogP contribution in [0.25, 0.3) is 22.6 Å². The zero-order valence-corrected chi connectivity index (χ0v) is 44.7. The minimum Gasteiger partial charge on any atom is -0.436 e. The van der Waals surface area contributed by atoms with E-state index in [2.05, 4.69) is 68.0 Å². The molecule has 8 rings (SSSR count). The van der Waals surface area contributed by atoms with Gasteiger partial charge in [-0.05, 0) is 46.4 Å². The van der Waals surface area contributed by atoms with Gasteiger partial charge in [0.25, 0.3) is 0 Å². The normalized spacial score (nSPS) is 29.5. The Morgan fingerprint density at radius 1 is 0.704 bits per heavy atom. The third kappa shape index (κ3) is 13.2. The Hall–Kier alpha value is -7.83. The van der Waals surface area contributed by atoms with Gasteiger partial charge in [0.2, 0.25) is 41.3 Å². The van der Waals surface area contributed by atoms with Crippen LogP contribution >= 0.6 is 0 Å². The monoisotopic (exact) mass is 1130 g/mol. The molecule has 4 aliphatic heterocycles. The number of fused-ring (bicyclic) bond motifs is 1. The average molecular weight is 1130 g/mol. The van der Waals surface area contributed by atoms with Crippen molar-refractivity contribution >= 4 is 58.5 Å². The molecule has 0 aliphatic carbocycles. The van der Waals surface area contributed by atoms with Crippen molar-refractivity contribution in [3.63, 3.8) is 0 Å². The van der Waals surface area contributed by atoms with Crippen LogP contribution in [-0.4, -0.2) is 211 Å². The number of amides is 6. The Morgan fingerprint density at radius 3 is 2.06 bits per heavy atom. The molecular weight excluding hydrogens is 1060 g/mol. The number of benzene rings is 3. The predicted octanol–water partition coefficient (Wildman–Crippen LogP) is -5.51. The summed E-state index contributed by atoms with van der Waals surface area (Å²) in [6.45, 7) is 4.32. The molecule has 0 unspecified atom stereocenters. The van der Waals surface area contributed by atoms with E-state index in [9.17, 15) is 54.9 Å². The zero-order valence-electron chi connectivity index (χ0n) is 44.7. The maximum absolute atomic E-state index is 15.1. The van der Waals surface area contributed by atoms with Crippen LogP contribution in [0.15, 0.2) is 87.2 Å². The standard InChI is InChI=1S/C53H69N13O15/c1-23(25-9-6-5-7-10-25)36-46(77)59-29(15-24-13-14-28-33(16-24)80-49(61-28)26-11-8-12-27(17-26)53(2,3)4)45(76)64-37(39(70)30-18-57-51(54)62-30)48(79)65-38(47(78)60-31(21-67)44(75)56-20-35(69)63-36)40(71)32-19-58-52(55)66(32)50-43(74)42(73)41(72)34(22-68)81-50/h5-14,16-17,23,29-32,34,36-43,50,67-68,70-74H,15,18-22H2,1-4H3,(H2,55,58)(H,56,75)(H,59,77)(H,60,78)(H,63,69)(H,64,76)(H,65,79)(H3,54,57,62)/t23-,29+,30-,31-,32-,34+,36-,37-,38+,39+,40-,41+,42-,43-,50-/m0/s1. The third-order valence-corrected chi connectivity index (χ3v) is 14.8. The SMILES string of the molecule is C[C@@H](c1ccccc1)[C@@H]1NC(=O)CNC(=O)[C@H](CO)NC(=O)[C@@H]([C@@H](O)[C@@H]2CN=C(N)N2[C@H]2O[C@H](CO)[C@@H](O)[C@H](O)[C@@H]2O)NC(=O)[C@H]([C@H](O)[C@@H]2CN=C(N)N2)NC(=O)[C@@H](Cc2ccc3nc(-c4cccc(C(C)(C)C)c4)oc3c2)NC1=O. The number of carbonyl (C=O) groups is 6. The molecule has 81 heavy (non-hydrogen) atoms. The van der Waals surface area contributed by atoms with Crippen molar-refractivity contribution in [2.45, 2.75) is 131 Å². The lowest BCUT2D eigenvalue weighted by Crippen LogP contribution is -2.70. The molecule has 436 valence electrons. The summed E-state index contributed by atoms with van der Waals surface area (Å²) in [5, 5.41) is 94.6. The molecule has 28 heteroatoms. The van der Waals surface area contributed by atoms with Gasteiger partial charge >= 0.3 is 0 Å². The first kappa shape index (κ1) is 59.3. The van der Waals surface area contributed by atoms with Crippen LogP contribution in [0.1, 0.15) is 50.3 Å². The number of nitrogens with one attached hydrogen (secondary N) is 7. The highest BCUT2D eigenvalue weighted by Gasteiger charge is 2.52. The van der Waals surface area contributed by atoms with Crippen LogP contribution in [0, 0.1) is 0 Å². The van der Waals surface area contributed by atoms with Crippen molar-refractivity contribution in [3.05, 3.63) is 89.5 Å². The number of carbonyl (C=O) groups excluding carboxylic acids is 6. The molecule has 0 saturated carbocycles. The van der Waals surface area contributed by atoms with E-state index in [0.717, 1.165) is 10.5 Å². The van der Waals surface area contributed by atoms with Crippen LogP contribution in [0.2, 0.25) is 0 Å². The number of aliphatic hydroxyl groups is 7. The van der Waals surface area contributed by atoms with E-state index in [1.807, 2.05) is 24.3 Å². The number of hydrogen-bond acceptors (Lipinski definition) is 22. The highest BCUT2D eigenvalue weighted by atomic mass is 16.6. The van der Waals surface area contributed by atoms with Crippen molar-refractivity contribution in [3.8, 4) is 11.5 Å². The number of guanidine groups is 2. The first-order valence-corrected chi connectivity index (χ1v) is 26.2. The molecule has 3 aromatic carbocycles. The fraction of sp³-hybridized carbons (Fsp3) is 0.491. The van der Waals surface area contributed by atoms with Gasteiger partial charge < -0.3 is 98.5 Å². The molecule has 2 saturated heterocycles. The van der Waals surface area contributed by atoms with E-state index in [0.29, 0.717) is 33.7 Å². The Morgan fingerprint density at radius 2 is 1.38 bits per heavy atom. The number of aliphatic imine (C=N–C) groups is 2. The number of ether oxygens (including phenoxy) is 1. The summed E-state index contributed by atoms with van der Waals surface area (Å²) in [7, 11) is 0. The van der Waals surface area contributed by atoms with Gasteiger partial charge in [-0.25, -0.2) is 4.98 Å². The van der Waals surface area contributed by atoms with Crippen molar-refractivity contribution in [1.82, 2.24) is 47.1 Å². The van der Waals surface area contributed by atoms with Gasteiger partial charge in [0, 0.05) is 17.9 Å². The van der Waals surface area contributed by atoms with Gasteiger partial charge in [0.05, 0.1) is 44.9 Å². The molecule has 5 heterocycles. The van der Waals surface area contributed by atoms with Gasteiger partial charge in [0.1, 0.15) is 72.3 Å². The summed E-state index contributed by atoms with van der Waals surface area (Å²) in [6.07, 6.45) is -13.5. The Bertz CT molecular complexity index is 3030. The molecule has 6 amide bonds. The molecule has 15 atom stereocenters. The van der Waals surface area contributed by atoms with Crippen LogP contribution in [0.4, 0.5) is 0 Å². The number of nitrogens with two attached hydrogens (primary N) is 2. The molecule has 0 spiro atoms. The second-order valence-electron chi connectivity index (χ2n) is 21.4. The lowest BCUT2D eigenvalue weighted by Gasteiger charge is -2.46. The van der Waals surface area contributed by atoms with Gasteiger partial charge in [0.15, 0.2) is 23.7 Å². The van der Waals surface area contributed by atoms with E-state index in [-0.39, 0.29) is 24.3 Å². The van der Waals surface area contributed by atoms with Gasteiger partial charge in [-0.1, -0.05) is 76.2 Å². The van der Waals surface area contributed by atoms with Crippen molar-refractivity contribution < 1.29 is 73.7 Å². The summed E-state index contributed by atoms with van der Waals surface area (Å²) in [6, 6.07) is 9.03. The smallest absolute Gasteiger partial charge is 0.246 e. The minimum absolute atomic E-state index is 0.141. The van der Waals surface area contributed by atoms with Crippen LogP contribution in [-0.2, 0) is 45.3 Å². The number of oxazole rings is 1. The Kier molecular flexibility index (Phi) is 18.2. The van der Waals surface area contributed by atoms with E-state index in [1.54, 1.807) is 55.5 Å². The maximum atomic E-state index is 15.1. The predicted molar refractivity (Wildman–Crippen MR) is 288 cm³/mol. The first-order valence-electron chi connectivity index (χ1n) is 26.2. The number of aromatic nitrogens is 1. The Labute approximate surface area is 463 Å².